The fraction of sp³-hybridized carbons (Fsp3) is 0.348. The highest BCUT2D eigenvalue weighted by molar-refractivity contribution is 5.85. The summed E-state index contributed by atoms with van der Waals surface area (Å²) < 4.78 is 11.6. The molecule has 0 atom stereocenters. The Hall–Kier alpha value is -2.79. The number of benzene rings is 1. The van der Waals surface area contributed by atoms with E-state index in [0.717, 1.165) is 72.6 Å². The number of allylic oxidation sites excluding steroid dienone is 5. The lowest BCUT2D eigenvalue weighted by Gasteiger charge is -2.24. The fourth-order valence-corrected chi connectivity index (χ4v) is 3.53. The van der Waals surface area contributed by atoms with Crippen LogP contribution in [0.15, 0.2) is 66.2 Å². The zero-order chi connectivity index (χ0) is 19.2. The number of ether oxygens (including phenoxy) is 2. The summed E-state index contributed by atoms with van der Waals surface area (Å²) >= 11 is 0. The first-order chi connectivity index (χ1) is 13.8. The number of rotatable bonds is 5. The van der Waals surface area contributed by atoms with Crippen LogP contribution in [0.25, 0.3) is 10.8 Å². The number of hydrogen-bond donors (Lipinski definition) is 2. The second-order valence-electron chi connectivity index (χ2n) is 7.17. The van der Waals surface area contributed by atoms with Gasteiger partial charge >= 0.3 is 0 Å². The van der Waals surface area contributed by atoms with Gasteiger partial charge in [0, 0.05) is 23.7 Å². The fourth-order valence-electron chi connectivity index (χ4n) is 3.53. The van der Waals surface area contributed by atoms with Crippen molar-refractivity contribution < 1.29 is 9.47 Å². The molecule has 146 valence electrons. The maximum atomic E-state index is 6.18. The van der Waals surface area contributed by atoms with E-state index in [1.807, 2.05) is 24.4 Å². The van der Waals surface area contributed by atoms with E-state index in [1.165, 1.54) is 0 Å². The number of piperidine rings is 1. The van der Waals surface area contributed by atoms with Gasteiger partial charge in [0.2, 0.25) is 0 Å². The highest BCUT2D eigenvalue weighted by atomic mass is 16.5. The number of anilines is 1. The molecule has 5 heteroatoms. The van der Waals surface area contributed by atoms with Crippen molar-refractivity contribution >= 4 is 16.6 Å². The Balaban J connectivity index is 1.52. The smallest absolute Gasteiger partial charge is 0.130 e. The molecule has 0 radical (unpaired) electrons. The van der Waals surface area contributed by atoms with Crippen LogP contribution in [0.1, 0.15) is 25.7 Å². The van der Waals surface area contributed by atoms with Gasteiger partial charge in [-0.05, 0) is 80.2 Å². The number of hydrogen-bond acceptors (Lipinski definition) is 5. The molecule has 1 saturated heterocycles. The molecule has 1 aliphatic carbocycles. The Bertz CT molecular complexity index is 911. The molecule has 2 N–H and O–H groups in total. The Labute approximate surface area is 166 Å². The minimum Gasteiger partial charge on any atom is -0.501 e. The molecule has 0 amide bonds. The molecule has 1 fully saturated rings. The number of pyridine rings is 1. The zero-order valence-corrected chi connectivity index (χ0v) is 16.3. The van der Waals surface area contributed by atoms with Gasteiger partial charge in [-0.1, -0.05) is 6.08 Å². The first-order valence-electron chi connectivity index (χ1n) is 9.96. The number of aromatic nitrogens is 1. The van der Waals surface area contributed by atoms with Crippen LogP contribution < -0.4 is 15.4 Å². The molecule has 0 unspecified atom stereocenters. The molecular weight excluding hydrogens is 350 g/mol. The number of nitrogens with one attached hydrogen (secondary N) is 2. The highest BCUT2D eigenvalue weighted by Gasteiger charge is 2.14. The molecule has 28 heavy (non-hydrogen) atoms. The Morgan fingerprint density at radius 2 is 2.00 bits per heavy atom. The average molecular weight is 377 g/mol. The van der Waals surface area contributed by atoms with Gasteiger partial charge in [0.15, 0.2) is 0 Å². The van der Waals surface area contributed by atoms with Crippen molar-refractivity contribution in [3.8, 4) is 5.75 Å². The summed E-state index contributed by atoms with van der Waals surface area (Å²) in [6.45, 7) is 2.05. The summed E-state index contributed by atoms with van der Waals surface area (Å²) in [5, 5.41) is 8.99. The predicted molar refractivity (Wildman–Crippen MR) is 113 cm³/mol. The van der Waals surface area contributed by atoms with E-state index in [0.29, 0.717) is 6.10 Å². The van der Waals surface area contributed by atoms with Gasteiger partial charge in [0.05, 0.1) is 12.9 Å². The normalized spacial score (nSPS) is 22.9. The van der Waals surface area contributed by atoms with Gasteiger partial charge in [0.1, 0.15) is 17.7 Å². The third kappa shape index (κ3) is 4.73. The molecule has 1 aromatic heterocycles. The molecule has 4 rings (SSSR count). The molecule has 1 aliphatic heterocycles. The molecule has 2 aromatic rings. The first kappa shape index (κ1) is 18.6. The molecule has 0 bridgehead atoms. The molecular formula is C23H27N3O2. The maximum absolute atomic E-state index is 6.18. The summed E-state index contributed by atoms with van der Waals surface area (Å²) in [6, 6.07) is 8.29. The summed E-state index contributed by atoms with van der Waals surface area (Å²) in [7, 11) is 1.71. The molecule has 0 spiro atoms. The van der Waals surface area contributed by atoms with Gasteiger partial charge < -0.3 is 20.1 Å². The van der Waals surface area contributed by atoms with Crippen LogP contribution in [-0.4, -0.2) is 31.3 Å². The molecule has 2 heterocycles. The maximum Gasteiger partial charge on any atom is 0.130 e. The number of methoxy groups -OCH3 is 1. The number of nitrogens with zero attached hydrogens (tertiary/aromatic N) is 1. The first-order valence-corrected chi connectivity index (χ1v) is 9.96. The van der Waals surface area contributed by atoms with Crippen LogP contribution in [0.2, 0.25) is 0 Å². The lowest BCUT2D eigenvalue weighted by molar-refractivity contribution is 0.162. The standard InChI is InChI=1S/C23H27N3O2/c1-27-20-5-3-2-4-19(7-9-20)26-23-15-18-14-22(8-6-17(18)16-25-23)28-21-10-12-24-13-11-21/h2,4,6-9,14-16,21,24H,3,5,10-13H2,1H3,(H,25,26)/b4-2-,19-7+,20-9+. The highest BCUT2D eigenvalue weighted by Crippen LogP contribution is 2.25. The van der Waals surface area contributed by atoms with Gasteiger partial charge in [-0.15, -0.1) is 0 Å². The summed E-state index contributed by atoms with van der Waals surface area (Å²) in [5.74, 6) is 2.72. The van der Waals surface area contributed by atoms with Crippen molar-refractivity contribution in [3.05, 3.63) is 66.2 Å². The minimum absolute atomic E-state index is 0.296. The minimum atomic E-state index is 0.296. The van der Waals surface area contributed by atoms with Crippen molar-refractivity contribution in [1.29, 1.82) is 0 Å². The molecule has 2 aliphatic rings. The van der Waals surface area contributed by atoms with Crippen LogP contribution in [0.5, 0.6) is 5.75 Å². The van der Waals surface area contributed by atoms with Crippen LogP contribution in [0.4, 0.5) is 5.82 Å². The topological polar surface area (TPSA) is 55.4 Å². The molecule has 5 nitrogen and oxygen atoms in total. The van der Waals surface area contributed by atoms with Crippen LogP contribution in [-0.2, 0) is 4.74 Å². The van der Waals surface area contributed by atoms with E-state index < -0.39 is 0 Å². The van der Waals surface area contributed by atoms with E-state index in [4.69, 9.17) is 9.47 Å². The van der Waals surface area contributed by atoms with E-state index in [1.54, 1.807) is 7.11 Å². The second kappa shape index (κ2) is 8.93. The van der Waals surface area contributed by atoms with Crippen molar-refractivity contribution in [2.24, 2.45) is 0 Å². The van der Waals surface area contributed by atoms with Crippen LogP contribution in [0.3, 0.4) is 0 Å². The van der Waals surface area contributed by atoms with Crippen LogP contribution in [0, 0.1) is 0 Å². The quantitative estimate of drug-likeness (QED) is 0.801. The van der Waals surface area contributed by atoms with Crippen molar-refractivity contribution in [3.63, 3.8) is 0 Å². The lowest BCUT2D eigenvalue weighted by atomic mass is 10.1. The van der Waals surface area contributed by atoms with E-state index in [9.17, 15) is 0 Å². The largest absolute Gasteiger partial charge is 0.501 e. The average Bonchev–Trinajstić information content (AvgIpc) is 2.71. The monoisotopic (exact) mass is 377 g/mol. The number of fused-ring (bicyclic) bond motifs is 1. The van der Waals surface area contributed by atoms with Gasteiger partial charge in [0.25, 0.3) is 0 Å². The zero-order valence-electron chi connectivity index (χ0n) is 16.3. The predicted octanol–water partition coefficient (Wildman–Crippen LogP) is 4.54. The SMILES string of the molecule is CO/C1=C/C=C(Nc2cc3cc(OC4CCNCC4)ccc3cn2)\C=C/CC1. The lowest BCUT2D eigenvalue weighted by Crippen LogP contribution is -2.34. The van der Waals surface area contributed by atoms with Gasteiger partial charge in [-0.25, -0.2) is 4.98 Å². The third-order valence-electron chi connectivity index (χ3n) is 5.12. The van der Waals surface area contributed by atoms with Gasteiger partial charge in [-0.2, -0.15) is 0 Å². The van der Waals surface area contributed by atoms with Gasteiger partial charge in [-0.3, -0.25) is 0 Å². The van der Waals surface area contributed by atoms with E-state index >= 15 is 0 Å². The Kier molecular flexibility index (Phi) is 5.92. The summed E-state index contributed by atoms with van der Waals surface area (Å²) in [5.41, 5.74) is 0.989. The Morgan fingerprint density at radius 3 is 2.86 bits per heavy atom. The van der Waals surface area contributed by atoms with Crippen molar-refractivity contribution in [2.75, 3.05) is 25.5 Å². The summed E-state index contributed by atoms with van der Waals surface area (Å²) in [6.07, 6.45) is 14.5. The third-order valence-corrected chi connectivity index (χ3v) is 5.12. The van der Waals surface area contributed by atoms with Crippen molar-refractivity contribution in [1.82, 2.24) is 10.3 Å². The molecule has 1 aromatic carbocycles. The van der Waals surface area contributed by atoms with Crippen molar-refractivity contribution in [2.45, 2.75) is 31.8 Å². The van der Waals surface area contributed by atoms with Crippen LogP contribution >= 0.6 is 0 Å². The van der Waals surface area contributed by atoms with E-state index in [-0.39, 0.29) is 0 Å². The summed E-state index contributed by atoms with van der Waals surface area (Å²) in [4.78, 5) is 4.55. The Morgan fingerprint density at radius 1 is 1.11 bits per heavy atom. The van der Waals surface area contributed by atoms with E-state index in [2.05, 4.69) is 46.0 Å². The molecule has 0 saturated carbocycles. The second-order valence-corrected chi connectivity index (χ2v) is 7.17.